The second-order valence-electron chi connectivity index (χ2n) is 6.70. The van der Waals surface area contributed by atoms with Crippen molar-refractivity contribution < 1.29 is 18.5 Å². The number of nitrogens with one attached hydrogen (secondary N) is 1. The second kappa shape index (κ2) is 7.68. The fourth-order valence-corrected chi connectivity index (χ4v) is 3.30. The summed E-state index contributed by atoms with van der Waals surface area (Å²) in [6.07, 6.45) is 1.66. The number of nitrogens with zero attached hydrogens (tertiary/aromatic N) is 2. The molecule has 0 bridgehead atoms. The van der Waals surface area contributed by atoms with E-state index in [0.717, 1.165) is 6.42 Å². The van der Waals surface area contributed by atoms with Gasteiger partial charge < -0.3 is 14.7 Å². The number of anilines is 1. The Labute approximate surface area is 151 Å². The number of aryl methyl sites for hydroxylation is 1. The quantitative estimate of drug-likeness (QED) is 0.891. The van der Waals surface area contributed by atoms with Crippen molar-refractivity contribution in [3.8, 4) is 0 Å². The Morgan fingerprint density at radius 1 is 1.42 bits per heavy atom. The summed E-state index contributed by atoms with van der Waals surface area (Å²) in [4.78, 5) is 26.9. The Kier molecular flexibility index (Phi) is 5.35. The van der Waals surface area contributed by atoms with Gasteiger partial charge in [0.1, 0.15) is 17.6 Å². The molecule has 0 radical (unpaired) electrons. The zero-order valence-corrected chi connectivity index (χ0v) is 14.9. The molecule has 0 aliphatic carbocycles. The maximum absolute atomic E-state index is 13.8. The molecule has 2 heterocycles. The summed E-state index contributed by atoms with van der Waals surface area (Å²) >= 11 is 0. The third-order valence-electron chi connectivity index (χ3n) is 4.62. The highest BCUT2D eigenvalue weighted by atomic mass is 19.1. The van der Waals surface area contributed by atoms with Gasteiger partial charge in [0.2, 0.25) is 11.8 Å². The van der Waals surface area contributed by atoms with Gasteiger partial charge in [-0.25, -0.2) is 4.39 Å². The van der Waals surface area contributed by atoms with Gasteiger partial charge in [0.15, 0.2) is 5.82 Å². The maximum atomic E-state index is 13.8. The fraction of sp³-hybridized carbons (Fsp3) is 0.421. The number of halogens is 1. The van der Waals surface area contributed by atoms with E-state index in [-0.39, 0.29) is 17.6 Å². The summed E-state index contributed by atoms with van der Waals surface area (Å²) in [6.45, 7) is 4.03. The van der Waals surface area contributed by atoms with Gasteiger partial charge in [0, 0.05) is 18.5 Å². The molecule has 3 rings (SSSR count). The monoisotopic (exact) mass is 359 g/mol. The molecule has 0 spiro atoms. The molecule has 1 saturated heterocycles. The molecule has 26 heavy (non-hydrogen) atoms. The maximum Gasteiger partial charge on any atom is 0.248 e. The number of rotatable bonds is 5. The Morgan fingerprint density at radius 2 is 2.19 bits per heavy atom. The molecule has 1 aliphatic heterocycles. The molecule has 2 amide bonds. The summed E-state index contributed by atoms with van der Waals surface area (Å²) in [5.74, 6) is -0.201. The molecule has 1 N–H and O–H groups in total. The predicted octanol–water partition coefficient (Wildman–Crippen LogP) is 2.93. The average Bonchev–Trinajstić information content (AvgIpc) is 3.25. The van der Waals surface area contributed by atoms with Crippen LogP contribution in [0.1, 0.15) is 31.1 Å². The summed E-state index contributed by atoms with van der Waals surface area (Å²) < 4.78 is 18.8. The number of aromatic nitrogens is 1. The van der Waals surface area contributed by atoms with Gasteiger partial charge in [0.05, 0.1) is 0 Å². The second-order valence-corrected chi connectivity index (χ2v) is 6.70. The van der Waals surface area contributed by atoms with E-state index in [0.29, 0.717) is 36.5 Å². The van der Waals surface area contributed by atoms with Crippen LogP contribution in [0.15, 0.2) is 34.9 Å². The van der Waals surface area contributed by atoms with Gasteiger partial charge >= 0.3 is 0 Å². The van der Waals surface area contributed by atoms with Crippen LogP contribution in [0.4, 0.5) is 10.2 Å². The van der Waals surface area contributed by atoms with Crippen LogP contribution in [0.25, 0.3) is 0 Å². The molecule has 1 unspecified atom stereocenters. The van der Waals surface area contributed by atoms with Crippen LogP contribution in [0.3, 0.4) is 0 Å². The van der Waals surface area contributed by atoms with Crippen LogP contribution in [-0.2, 0) is 16.0 Å². The number of amides is 2. The first-order valence-electron chi connectivity index (χ1n) is 8.74. The Bertz CT molecular complexity index is 805. The van der Waals surface area contributed by atoms with Gasteiger partial charge in [-0.3, -0.25) is 9.59 Å². The van der Waals surface area contributed by atoms with Crippen molar-refractivity contribution in [1.82, 2.24) is 10.1 Å². The molecule has 6 nitrogen and oxygen atoms in total. The molecule has 1 aromatic heterocycles. The molecule has 0 saturated carbocycles. The highest BCUT2D eigenvalue weighted by Gasteiger charge is 2.36. The van der Waals surface area contributed by atoms with Crippen LogP contribution in [-0.4, -0.2) is 34.5 Å². The third-order valence-corrected chi connectivity index (χ3v) is 4.62. The summed E-state index contributed by atoms with van der Waals surface area (Å²) in [6, 6.07) is 7.53. The topological polar surface area (TPSA) is 75.4 Å². The Hall–Kier alpha value is -2.70. The van der Waals surface area contributed by atoms with E-state index in [1.54, 1.807) is 43.0 Å². The summed E-state index contributed by atoms with van der Waals surface area (Å²) in [5, 5.41) is 6.44. The zero-order valence-electron chi connectivity index (χ0n) is 14.9. The molecule has 1 aromatic carbocycles. The Morgan fingerprint density at radius 3 is 2.88 bits per heavy atom. The first kappa shape index (κ1) is 18.1. The SMILES string of the molecule is Cc1cc(NC(=O)[C@@H]2CCCN2C(=O)C(C)Cc2ccccc2F)no1. The minimum absolute atomic E-state index is 0.137. The van der Waals surface area contributed by atoms with Crippen LogP contribution < -0.4 is 5.32 Å². The highest BCUT2D eigenvalue weighted by Crippen LogP contribution is 2.23. The van der Waals surface area contributed by atoms with Crippen molar-refractivity contribution >= 4 is 17.6 Å². The lowest BCUT2D eigenvalue weighted by atomic mass is 9.99. The average molecular weight is 359 g/mol. The number of hydrogen-bond donors (Lipinski definition) is 1. The van der Waals surface area contributed by atoms with Crippen LogP contribution in [0.5, 0.6) is 0 Å². The largest absolute Gasteiger partial charge is 0.360 e. The molecule has 2 atom stereocenters. The van der Waals surface area contributed by atoms with Gasteiger partial charge in [0.25, 0.3) is 0 Å². The van der Waals surface area contributed by atoms with E-state index in [1.807, 2.05) is 0 Å². The number of likely N-dealkylation sites (tertiary alicyclic amines) is 1. The lowest BCUT2D eigenvalue weighted by Gasteiger charge is -2.26. The molecule has 138 valence electrons. The van der Waals surface area contributed by atoms with Crippen molar-refractivity contribution in [1.29, 1.82) is 0 Å². The summed E-state index contributed by atoms with van der Waals surface area (Å²) in [7, 11) is 0. The van der Waals surface area contributed by atoms with Crippen LogP contribution >= 0.6 is 0 Å². The van der Waals surface area contributed by atoms with Crippen LogP contribution in [0.2, 0.25) is 0 Å². The number of hydrogen-bond acceptors (Lipinski definition) is 4. The predicted molar refractivity (Wildman–Crippen MR) is 93.9 cm³/mol. The van der Waals surface area contributed by atoms with Gasteiger partial charge in [-0.15, -0.1) is 0 Å². The molecule has 1 fully saturated rings. The van der Waals surface area contributed by atoms with E-state index in [1.165, 1.54) is 6.07 Å². The molecule has 2 aromatic rings. The number of carbonyl (C=O) groups is 2. The molecule has 1 aliphatic rings. The molecule has 7 heteroatoms. The smallest absolute Gasteiger partial charge is 0.248 e. The standard InChI is InChI=1S/C19H22FN3O3/c1-12(10-14-6-3-4-7-15(14)20)19(25)23-9-5-8-16(23)18(24)21-17-11-13(2)26-22-17/h3-4,6-7,11-12,16H,5,8-10H2,1-2H3,(H,21,22,24)/t12?,16-/m0/s1. The minimum Gasteiger partial charge on any atom is -0.360 e. The van der Waals surface area contributed by atoms with Crippen LogP contribution in [0, 0.1) is 18.7 Å². The molecular weight excluding hydrogens is 337 g/mol. The van der Waals surface area contributed by atoms with Crippen molar-refractivity contribution in [2.24, 2.45) is 5.92 Å². The van der Waals surface area contributed by atoms with Gasteiger partial charge in [-0.2, -0.15) is 0 Å². The fourth-order valence-electron chi connectivity index (χ4n) is 3.30. The van der Waals surface area contributed by atoms with Crippen molar-refractivity contribution in [3.05, 3.63) is 47.5 Å². The number of benzene rings is 1. The van der Waals surface area contributed by atoms with E-state index in [2.05, 4.69) is 10.5 Å². The first-order valence-corrected chi connectivity index (χ1v) is 8.74. The minimum atomic E-state index is -0.539. The van der Waals surface area contributed by atoms with E-state index < -0.39 is 12.0 Å². The van der Waals surface area contributed by atoms with Crippen molar-refractivity contribution in [3.63, 3.8) is 0 Å². The first-order chi connectivity index (χ1) is 12.5. The third kappa shape index (κ3) is 3.92. The van der Waals surface area contributed by atoms with Gasteiger partial charge in [-0.05, 0) is 37.8 Å². The highest BCUT2D eigenvalue weighted by molar-refractivity contribution is 5.97. The van der Waals surface area contributed by atoms with Crippen molar-refractivity contribution in [2.45, 2.75) is 39.2 Å². The van der Waals surface area contributed by atoms with E-state index in [9.17, 15) is 14.0 Å². The lowest BCUT2D eigenvalue weighted by Crippen LogP contribution is -2.45. The molecular formula is C19H22FN3O3. The van der Waals surface area contributed by atoms with Crippen molar-refractivity contribution in [2.75, 3.05) is 11.9 Å². The zero-order chi connectivity index (χ0) is 18.7. The Balaban J connectivity index is 1.65. The summed E-state index contributed by atoms with van der Waals surface area (Å²) in [5.41, 5.74) is 0.506. The van der Waals surface area contributed by atoms with E-state index in [4.69, 9.17) is 4.52 Å². The normalized spacial score (nSPS) is 18.0. The van der Waals surface area contributed by atoms with E-state index >= 15 is 0 Å². The number of carbonyl (C=O) groups excluding carboxylic acids is 2. The lowest BCUT2D eigenvalue weighted by molar-refractivity contribution is -0.139. The van der Waals surface area contributed by atoms with Gasteiger partial charge in [-0.1, -0.05) is 30.3 Å².